The molecule has 202 valence electrons. The third-order valence-corrected chi connectivity index (χ3v) is 8.15. The van der Waals surface area contributed by atoms with Crippen LogP contribution in [0.5, 0.6) is 5.75 Å². The molecule has 2 aliphatic heterocycles. The van der Waals surface area contributed by atoms with Crippen LogP contribution in [0.1, 0.15) is 29.2 Å². The number of hydrogen-bond acceptors (Lipinski definition) is 8. The highest BCUT2D eigenvalue weighted by molar-refractivity contribution is 5.82. The zero-order chi connectivity index (χ0) is 27.4. The molecule has 0 aliphatic carbocycles. The standard InChI is InChI=1S/C30H33N5O4/c1-37-24-12-9-21(10-13-24)25-18-35(28-14-11-23(17-31)32-33-28)19-26(25)29(36)34-16-15-30(39-3,27(20-34)38-2)22-7-5-4-6-8-22/h4-14,25-27H,15-16,18-20H2,1-3H3/t25-,26+,27-,30-/m0/s1. The van der Waals surface area contributed by atoms with Crippen LogP contribution in [0.4, 0.5) is 5.82 Å². The van der Waals surface area contributed by atoms with E-state index < -0.39 is 5.60 Å². The average molecular weight is 528 g/mol. The number of anilines is 1. The summed E-state index contributed by atoms with van der Waals surface area (Å²) in [5.74, 6) is 1.16. The van der Waals surface area contributed by atoms with E-state index in [2.05, 4.69) is 27.2 Å². The lowest BCUT2D eigenvalue weighted by Crippen LogP contribution is -2.57. The van der Waals surface area contributed by atoms with Gasteiger partial charge < -0.3 is 24.0 Å². The first-order chi connectivity index (χ1) is 19.0. The van der Waals surface area contributed by atoms with Crippen molar-refractivity contribution in [3.63, 3.8) is 0 Å². The van der Waals surface area contributed by atoms with Crippen LogP contribution in [0, 0.1) is 17.2 Å². The van der Waals surface area contributed by atoms with E-state index in [-0.39, 0.29) is 29.5 Å². The van der Waals surface area contributed by atoms with E-state index in [0.29, 0.717) is 38.4 Å². The number of piperidine rings is 1. The van der Waals surface area contributed by atoms with Crippen molar-refractivity contribution in [1.29, 1.82) is 5.26 Å². The number of carbonyl (C=O) groups excluding carboxylic acids is 1. The number of carbonyl (C=O) groups is 1. The number of aromatic nitrogens is 2. The van der Waals surface area contributed by atoms with E-state index in [0.717, 1.165) is 16.9 Å². The zero-order valence-corrected chi connectivity index (χ0v) is 22.5. The highest BCUT2D eigenvalue weighted by Gasteiger charge is 2.49. The molecule has 1 aromatic heterocycles. The first-order valence-corrected chi connectivity index (χ1v) is 13.1. The van der Waals surface area contributed by atoms with Gasteiger partial charge in [-0.3, -0.25) is 4.79 Å². The Hall–Kier alpha value is -4.00. The maximum atomic E-state index is 14.2. The number of nitrogens with zero attached hydrogens (tertiary/aromatic N) is 5. The number of likely N-dealkylation sites (tertiary alicyclic amines) is 1. The largest absolute Gasteiger partial charge is 0.497 e. The van der Waals surface area contributed by atoms with Crippen molar-refractivity contribution in [1.82, 2.24) is 15.1 Å². The second-order valence-electron chi connectivity index (χ2n) is 10.00. The summed E-state index contributed by atoms with van der Waals surface area (Å²) in [5.41, 5.74) is 1.75. The highest BCUT2D eigenvalue weighted by Crippen LogP contribution is 2.41. The quantitative estimate of drug-likeness (QED) is 0.461. The minimum atomic E-state index is -0.623. The molecule has 1 amide bonds. The van der Waals surface area contributed by atoms with Gasteiger partial charge in [-0.15, -0.1) is 10.2 Å². The Bertz CT molecular complexity index is 1310. The van der Waals surface area contributed by atoms with Gasteiger partial charge in [0, 0.05) is 46.2 Å². The molecule has 0 bridgehead atoms. The fraction of sp³-hybridized carbons (Fsp3) is 0.400. The van der Waals surface area contributed by atoms with Crippen molar-refractivity contribution >= 4 is 11.7 Å². The summed E-state index contributed by atoms with van der Waals surface area (Å²) in [6.07, 6.45) is 0.312. The smallest absolute Gasteiger partial charge is 0.228 e. The van der Waals surface area contributed by atoms with E-state index in [1.165, 1.54) is 0 Å². The Morgan fingerprint density at radius 1 is 0.974 bits per heavy atom. The van der Waals surface area contributed by atoms with Crippen LogP contribution in [0.25, 0.3) is 0 Å². The van der Waals surface area contributed by atoms with Gasteiger partial charge in [0.2, 0.25) is 5.91 Å². The molecule has 2 saturated heterocycles. The van der Waals surface area contributed by atoms with Gasteiger partial charge in [-0.25, -0.2) is 0 Å². The Labute approximate surface area is 228 Å². The number of rotatable bonds is 7. The van der Waals surface area contributed by atoms with Gasteiger partial charge in [-0.05, 0) is 35.4 Å². The Balaban J connectivity index is 1.41. The van der Waals surface area contributed by atoms with Crippen molar-refractivity contribution in [3.8, 4) is 11.8 Å². The summed E-state index contributed by atoms with van der Waals surface area (Å²) in [4.78, 5) is 18.2. The van der Waals surface area contributed by atoms with Crippen LogP contribution >= 0.6 is 0 Å². The summed E-state index contributed by atoms with van der Waals surface area (Å²) in [5, 5.41) is 17.4. The molecule has 0 saturated carbocycles. The molecule has 3 aromatic rings. The number of nitriles is 1. The topological polar surface area (TPSA) is 101 Å². The lowest BCUT2D eigenvalue weighted by Gasteiger charge is -2.47. The number of hydrogen-bond donors (Lipinski definition) is 0. The maximum absolute atomic E-state index is 14.2. The van der Waals surface area contributed by atoms with E-state index in [4.69, 9.17) is 19.5 Å². The molecule has 9 nitrogen and oxygen atoms in total. The van der Waals surface area contributed by atoms with Gasteiger partial charge >= 0.3 is 0 Å². The average Bonchev–Trinajstić information content (AvgIpc) is 3.46. The molecule has 4 atom stereocenters. The molecule has 0 N–H and O–H groups in total. The summed E-state index contributed by atoms with van der Waals surface area (Å²) in [7, 11) is 5.03. The zero-order valence-electron chi connectivity index (χ0n) is 22.5. The molecule has 0 radical (unpaired) electrons. The predicted octanol–water partition coefficient (Wildman–Crippen LogP) is 3.37. The monoisotopic (exact) mass is 527 g/mol. The van der Waals surface area contributed by atoms with Crippen LogP contribution in [0.15, 0.2) is 66.7 Å². The van der Waals surface area contributed by atoms with Crippen molar-refractivity contribution in [2.24, 2.45) is 5.92 Å². The van der Waals surface area contributed by atoms with Crippen LogP contribution in [0.2, 0.25) is 0 Å². The SMILES string of the molecule is COc1ccc([C@@H]2CN(c3ccc(C#N)nn3)C[C@H]2C(=O)N2CC[C@](OC)(c3ccccc3)[C@@H](OC)C2)cc1. The van der Waals surface area contributed by atoms with E-state index in [1.807, 2.05) is 53.4 Å². The van der Waals surface area contributed by atoms with Gasteiger partial charge in [-0.2, -0.15) is 5.26 Å². The fourth-order valence-corrected chi connectivity index (χ4v) is 5.99. The first-order valence-electron chi connectivity index (χ1n) is 13.1. The molecule has 39 heavy (non-hydrogen) atoms. The van der Waals surface area contributed by atoms with E-state index in [9.17, 15) is 4.79 Å². The highest BCUT2D eigenvalue weighted by atomic mass is 16.5. The van der Waals surface area contributed by atoms with E-state index >= 15 is 0 Å². The third-order valence-electron chi connectivity index (χ3n) is 8.15. The van der Waals surface area contributed by atoms with Crippen molar-refractivity contribution in [2.45, 2.75) is 24.0 Å². The van der Waals surface area contributed by atoms with Crippen molar-refractivity contribution in [2.75, 3.05) is 52.4 Å². The van der Waals surface area contributed by atoms with Gasteiger partial charge in [0.1, 0.15) is 23.5 Å². The number of benzene rings is 2. The summed E-state index contributed by atoms with van der Waals surface area (Å²) >= 11 is 0. The Morgan fingerprint density at radius 3 is 2.36 bits per heavy atom. The van der Waals surface area contributed by atoms with Crippen LogP contribution in [-0.4, -0.2) is 74.6 Å². The second kappa shape index (κ2) is 11.4. The third kappa shape index (κ3) is 5.05. The number of amides is 1. The minimum Gasteiger partial charge on any atom is -0.497 e. The Kier molecular flexibility index (Phi) is 7.77. The van der Waals surface area contributed by atoms with Gasteiger partial charge in [0.15, 0.2) is 11.5 Å². The Morgan fingerprint density at radius 2 is 1.74 bits per heavy atom. The van der Waals surface area contributed by atoms with Crippen LogP contribution in [-0.2, 0) is 19.9 Å². The number of methoxy groups -OCH3 is 3. The van der Waals surface area contributed by atoms with Crippen molar-refractivity contribution in [3.05, 3.63) is 83.6 Å². The lowest BCUT2D eigenvalue weighted by molar-refractivity contribution is -0.170. The van der Waals surface area contributed by atoms with Gasteiger partial charge in [-0.1, -0.05) is 42.5 Å². The minimum absolute atomic E-state index is 0.0509. The summed E-state index contributed by atoms with van der Waals surface area (Å²) in [6.45, 7) is 2.10. The molecular formula is C30H33N5O4. The second-order valence-corrected chi connectivity index (χ2v) is 10.00. The van der Waals surface area contributed by atoms with Gasteiger partial charge in [0.25, 0.3) is 0 Å². The molecule has 9 heteroatoms. The molecule has 0 unspecified atom stereocenters. The molecule has 2 aliphatic rings. The predicted molar refractivity (Wildman–Crippen MR) is 145 cm³/mol. The summed E-state index contributed by atoms with van der Waals surface area (Å²) < 4.78 is 17.4. The normalized spacial score (nSPS) is 24.8. The molecule has 0 spiro atoms. The van der Waals surface area contributed by atoms with Crippen LogP contribution < -0.4 is 9.64 Å². The molecular weight excluding hydrogens is 494 g/mol. The molecule has 3 heterocycles. The fourth-order valence-electron chi connectivity index (χ4n) is 5.99. The molecule has 2 fully saturated rings. The van der Waals surface area contributed by atoms with Gasteiger partial charge in [0.05, 0.1) is 19.6 Å². The molecule has 2 aromatic carbocycles. The maximum Gasteiger partial charge on any atom is 0.228 e. The molecule has 5 rings (SSSR count). The van der Waals surface area contributed by atoms with Crippen LogP contribution in [0.3, 0.4) is 0 Å². The van der Waals surface area contributed by atoms with E-state index in [1.54, 1.807) is 33.5 Å². The lowest BCUT2D eigenvalue weighted by atomic mass is 9.80. The van der Waals surface area contributed by atoms with Crippen molar-refractivity contribution < 1.29 is 19.0 Å². The first kappa shape index (κ1) is 26.6. The summed E-state index contributed by atoms with van der Waals surface area (Å²) in [6, 6.07) is 23.4. The number of ether oxygens (including phenoxy) is 3.